The molecule has 0 aromatic carbocycles. The van der Waals surface area contributed by atoms with Crippen LogP contribution in [0.1, 0.15) is 16.2 Å². The van der Waals surface area contributed by atoms with Crippen molar-refractivity contribution in [1.82, 2.24) is 15.0 Å². The lowest BCUT2D eigenvalue weighted by atomic mass is 10.2. The Morgan fingerprint density at radius 1 is 1.14 bits per heavy atom. The van der Waals surface area contributed by atoms with E-state index in [0.29, 0.717) is 11.6 Å². The molecule has 0 aliphatic heterocycles. The van der Waals surface area contributed by atoms with Crippen molar-refractivity contribution in [3.8, 4) is 11.3 Å². The Balaban J connectivity index is 1.76. The zero-order valence-electron chi connectivity index (χ0n) is 11.3. The smallest absolute Gasteiger partial charge is 0.279 e. The Morgan fingerprint density at radius 3 is 2.67 bits per heavy atom. The van der Waals surface area contributed by atoms with Crippen LogP contribution in [0.25, 0.3) is 11.3 Å². The molecule has 3 aromatic rings. The topological polar surface area (TPSA) is 80.9 Å². The number of carbonyl (C=O) groups is 1. The van der Waals surface area contributed by atoms with Crippen molar-refractivity contribution in [3.05, 3.63) is 60.6 Å². The summed E-state index contributed by atoms with van der Waals surface area (Å²) in [7, 11) is 0. The number of hydrogen-bond donors (Lipinski definition) is 1. The average Bonchev–Trinajstić information content (AvgIpc) is 2.95. The minimum absolute atomic E-state index is 0.255. The number of amides is 1. The highest BCUT2D eigenvalue weighted by atomic mass is 16.3. The molecule has 0 bridgehead atoms. The van der Waals surface area contributed by atoms with Gasteiger partial charge in [-0.2, -0.15) is 0 Å². The molecule has 3 rings (SSSR count). The van der Waals surface area contributed by atoms with Gasteiger partial charge in [-0.3, -0.25) is 9.78 Å². The molecule has 104 valence electrons. The molecule has 6 nitrogen and oxygen atoms in total. The van der Waals surface area contributed by atoms with E-state index in [-0.39, 0.29) is 11.6 Å². The molecule has 0 saturated carbocycles. The molecule has 3 aromatic heterocycles. The highest BCUT2D eigenvalue weighted by Gasteiger charge is 2.13. The molecule has 21 heavy (non-hydrogen) atoms. The van der Waals surface area contributed by atoms with Crippen LogP contribution in [0, 0.1) is 6.92 Å². The molecule has 0 saturated heterocycles. The Bertz CT molecular complexity index is 751. The van der Waals surface area contributed by atoms with Crippen LogP contribution < -0.4 is 5.32 Å². The fourth-order valence-corrected chi connectivity index (χ4v) is 1.85. The van der Waals surface area contributed by atoms with Gasteiger partial charge in [0.05, 0.1) is 5.69 Å². The van der Waals surface area contributed by atoms with Crippen molar-refractivity contribution in [2.45, 2.75) is 6.92 Å². The zero-order valence-corrected chi connectivity index (χ0v) is 11.3. The first kappa shape index (κ1) is 13.0. The summed E-state index contributed by atoms with van der Waals surface area (Å²) in [6.45, 7) is 1.68. The van der Waals surface area contributed by atoms with Gasteiger partial charge in [-0.25, -0.2) is 9.97 Å². The highest BCUT2D eigenvalue weighted by molar-refractivity contribution is 6.02. The molecule has 1 N–H and O–H groups in total. The van der Waals surface area contributed by atoms with Crippen LogP contribution in [-0.2, 0) is 0 Å². The largest absolute Gasteiger partial charge is 0.448 e. The lowest BCUT2D eigenvalue weighted by molar-refractivity contribution is 0.102. The summed E-state index contributed by atoms with van der Waals surface area (Å²) in [5, 5.41) is 2.67. The van der Waals surface area contributed by atoms with E-state index in [1.807, 2.05) is 24.3 Å². The molecule has 0 atom stereocenters. The quantitative estimate of drug-likeness (QED) is 0.797. The fraction of sp³-hybridized carbons (Fsp3) is 0.0667. The van der Waals surface area contributed by atoms with Crippen molar-refractivity contribution in [2.75, 3.05) is 5.32 Å². The Hall–Kier alpha value is -3.02. The van der Waals surface area contributed by atoms with Gasteiger partial charge in [-0.05, 0) is 31.2 Å². The molecular formula is C15H12N4O2. The van der Waals surface area contributed by atoms with E-state index in [4.69, 9.17) is 4.42 Å². The van der Waals surface area contributed by atoms with Gasteiger partial charge in [-0.1, -0.05) is 6.07 Å². The predicted octanol–water partition coefficient (Wildman–Crippen LogP) is 2.69. The third-order valence-electron chi connectivity index (χ3n) is 2.93. The summed E-state index contributed by atoms with van der Waals surface area (Å²) in [6, 6.07) is 9.23. The van der Waals surface area contributed by atoms with Gasteiger partial charge in [-0.15, -0.1) is 0 Å². The summed E-state index contributed by atoms with van der Waals surface area (Å²) in [4.78, 5) is 24.3. The predicted molar refractivity (Wildman–Crippen MR) is 76.7 cm³/mol. The minimum Gasteiger partial charge on any atom is -0.448 e. The van der Waals surface area contributed by atoms with E-state index in [1.165, 1.54) is 6.39 Å². The number of oxazole rings is 1. The summed E-state index contributed by atoms with van der Waals surface area (Å²) in [5.41, 5.74) is 1.96. The van der Waals surface area contributed by atoms with Gasteiger partial charge < -0.3 is 9.73 Å². The van der Waals surface area contributed by atoms with Crippen molar-refractivity contribution in [3.63, 3.8) is 0 Å². The van der Waals surface area contributed by atoms with Gasteiger partial charge in [0.15, 0.2) is 12.1 Å². The molecule has 0 unspecified atom stereocenters. The first-order valence-electron chi connectivity index (χ1n) is 6.33. The number of aryl methyl sites for hydroxylation is 1. The van der Waals surface area contributed by atoms with E-state index >= 15 is 0 Å². The Morgan fingerprint density at radius 2 is 2.05 bits per heavy atom. The number of carbonyl (C=O) groups excluding carboxylic acids is 1. The molecule has 3 heterocycles. The fourth-order valence-electron chi connectivity index (χ4n) is 1.85. The van der Waals surface area contributed by atoms with E-state index < -0.39 is 0 Å². The van der Waals surface area contributed by atoms with E-state index in [2.05, 4.69) is 20.3 Å². The summed E-state index contributed by atoms with van der Waals surface area (Å²) in [5.74, 6) is 0.569. The monoisotopic (exact) mass is 280 g/mol. The number of rotatable bonds is 3. The van der Waals surface area contributed by atoms with Gasteiger partial charge in [0, 0.05) is 18.0 Å². The van der Waals surface area contributed by atoms with Gasteiger partial charge in [0.1, 0.15) is 11.6 Å². The maximum atomic E-state index is 12.0. The Labute approximate surface area is 120 Å². The van der Waals surface area contributed by atoms with Crippen molar-refractivity contribution >= 4 is 11.7 Å². The lowest BCUT2D eigenvalue weighted by Crippen LogP contribution is -2.14. The van der Waals surface area contributed by atoms with E-state index in [9.17, 15) is 4.79 Å². The second kappa shape index (κ2) is 5.54. The van der Waals surface area contributed by atoms with E-state index in [1.54, 1.807) is 25.4 Å². The van der Waals surface area contributed by atoms with Crippen LogP contribution in [0.15, 0.2) is 53.5 Å². The molecule has 0 spiro atoms. The first-order valence-corrected chi connectivity index (χ1v) is 6.33. The minimum atomic E-state index is -0.348. The number of hydrogen-bond acceptors (Lipinski definition) is 5. The van der Waals surface area contributed by atoms with Crippen molar-refractivity contribution in [1.29, 1.82) is 0 Å². The third-order valence-corrected chi connectivity index (χ3v) is 2.93. The Kier molecular flexibility index (Phi) is 3.42. The third kappa shape index (κ3) is 2.79. The standard InChI is InChI=1S/C15H12N4O2/c1-10-14(18-9-21-10)15(20)19-13-6-5-11(8-17-13)12-4-2-3-7-16-12/h2-9H,1H3,(H,17,19,20). The number of nitrogens with one attached hydrogen (secondary N) is 1. The summed E-state index contributed by atoms with van der Waals surface area (Å²) in [6.07, 6.45) is 4.62. The molecule has 0 radical (unpaired) electrons. The lowest BCUT2D eigenvalue weighted by Gasteiger charge is -2.04. The molecule has 0 aliphatic carbocycles. The maximum absolute atomic E-state index is 12.0. The van der Waals surface area contributed by atoms with Crippen LogP contribution >= 0.6 is 0 Å². The first-order chi connectivity index (χ1) is 10.2. The molecule has 0 fully saturated rings. The van der Waals surface area contributed by atoms with Crippen LogP contribution in [0.2, 0.25) is 0 Å². The molecule has 1 amide bonds. The second-order valence-electron chi connectivity index (χ2n) is 4.36. The van der Waals surface area contributed by atoms with Crippen LogP contribution in [0.4, 0.5) is 5.82 Å². The number of aromatic nitrogens is 3. The van der Waals surface area contributed by atoms with Gasteiger partial charge >= 0.3 is 0 Å². The summed E-state index contributed by atoms with van der Waals surface area (Å²) < 4.78 is 5.00. The average molecular weight is 280 g/mol. The van der Waals surface area contributed by atoms with Crippen LogP contribution in [-0.4, -0.2) is 20.9 Å². The zero-order chi connectivity index (χ0) is 14.7. The van der Waals surface area contributed by atoms with Crippen LogP contribution in [0.5, 0.6) is 0 Å². The maximum Gasteiger partial charge on any atom is 0.279 e. The SMILES string of the molecule is Cc1ocnc1C(=O)Nc1ccc(-c2ccccn2)cn1. The molecule has 6 heteroatoms. The molecule has 0 aliphatic rings. The normalized spacial score (nSPS) is 10.3. The van der Waals surface area contributed by atoms with Gasteiger partial charge in [0.2, 0.25) is 0 Å². The molecular weight excluding hydrogens is 268 g/mol. The summed E-state index contributed by atoms with van der Waals surface area (Å²) >= 11 is 0. The van der Waals surface area contributed by atoms with Crippen molar-refractivity contribution in [2.24, 2.45) is 0 Å². The van der Waals surface area contributed by atoms with E-state index in [0.717, 1.165) is 11.3 Å². The second-order valence-corrected chi connectivity index (χ2v) is 4.36. The van der Waals surface area contributed by atoms with Crippen LogP contribution in [0.3, 0.4) is 0 Å². The highest BCUT2D eigenvalue weighted by Crippen LogP contribution is 2.17. The number of pyridine rings is 2. The van der Waals surface area contributed by atoms with Gasteiger partial charge in [0.25, 0.3) is 5.91 Å². The number of nitrogens with zero attached hydrogens (tertiary/aromatic N) is 3. The number of anilines is 1. The van der Waals surface area contributed by atoms with Crippen molar-refractivity contribution < 1.29 is 9.21 Å².